The van der Waals surface area contributed by atoms with Gasteiger partial charge >= 0.3 is 30.4 Å². The summed E-state index contributed by atoms with van der Waals surface area (Å²) in [7, 11) is 0. The molecule has 0 radical (unpaired) electrons. The normalized spacial score (nSPS) is 13.2. The number of anilines is 1. The van der Waals surface area contributed by atoms with Crippen LogP contribution in [-0.4, -0.2) is 52.5 Å². The number of hydrogen-bond acceptors (Lipinski definition) is 4. The molecule has 196 valence electrons. The van der Waals surface area contributed by atoms with E-state index in [1.807, 2.05) is 0 Å². The third kappa shape index (κ3) is 7.35. The summed E-state index contributed by atoms with van der Waals surface area (Å²) in [5, 5.41) is 4.49. The van der Waals surface area contributed by atoms with E-state index in [1.54, 1.807) is 0 Å². The molecule has 0 saturated heterocycles. The molecular formula is C17H11F12N3O2S. The number of benzene rings is 1. The number of carbonyl (C=O) groups is 1. The Labute approximate surface area is 191 Å². The molecule has 1 aromatic carbocycles. The molecule has 5 nitrogen and oxygen atoms in total. The van der Waals surface area contributed by atoms with Crippen LogP contribution >= 0.6 is 11.8 Å². The molecule has 1 heterocycles. The van der Waals surface area contributed by atoms with Crippen LogP contribution in [0.3, 0.4) is 0 Å². The molecule has 0 spiro atoms. The zero-order valence-corrected chi connectivity index (χ0v) is 17.6. The van der Waals surface area contributed by atoms with Crippen molar-refractivity contribution in [1.82, 2.24) is 9.78 Å². The van der Waals surface area contributed by atoms with Crippen LogP contribution in [0.25, 0.3) is 5.69 Å². The van der Waals surface area contributed by atoms with Gasteiger partial charge in [0.05, 0.1) is 5.75 Å². The van der Waals surface area contributed by atoms with E-state index in [9.17, 15) is 57.5 Å². The number of halogens is 12. The molecule has 1 N–H and O–H groups in total. The van der Waals surface area contributed by atoms with E-state index in [0.29, 0.717) is 12.1 Å². The lowest BCUT2D eigenvalue weighted by Crippen LogP contribution is -2.41. The van der Waals surface area contributed by atoms with Crippen LogP contribution in [0, 0.1) is 12.7 Å². The highest BCUT2D eigenvalue weighted by Crippen LogP contribution is 2.37. The Morgan fingerprint density at radius 1 is 1.03 bits per heavy atom. The number of thioether (sulfide) groups is 1. The fraction of sp³-hybridized carbons (Fsp3) is 0.412. The number of amides is 1. The van der Waals surface area contributed by atoms with Crippen LogP contribution in [0.1, 0.15) is 5.56 Å². The Kier molecular flexibility index (Phi) is 7.88. The van der Waals surface area contributed by atoms with Crippen LogP contribution in [0.4, 0.5) is 58.5 Å². The van der Waals surface area contributed by atoms with Crippen molar-refractivity contribution in [2.24, 2.45) is 0 Å². The maximum Gasteiger partial charge on any atom is 0.471 e. The van der Waals surface area contributed by atoms with E-state index in [2.05, 4.69) is 9.84 Å². The Morgan fingerprint density at radius 2 is 1.63 bits per heavy atom. The minimum atomic E-state index is -6.06. The summed E-state index contributed by atoms with van der Waals surface area (Å²) < 4.78 is 158. The lowest BCUT2D eigenvalue weighted by molar-refractivity contribution is -0.290. The van der Waals surface area contributed by atoms with E-state index in [-0.39, 0.29) is 33.0 Å². The van der Waals surface area contributed by atoms with Gasteiger partial charge in [0.2, 0.25) is 5.88 Å². The highest BCUT2D eigenvalue weighted by molar-refractivity contribution is 7.99. The molecule has 1 amide bonds. The third-order valence-corrected chi connectivity index (χ3v) is 5.09. The Balaban J connectivity index is 2.52. The molecule has 0 aliphatic heterocycles. The first-order chi connectivity index (χ1) is 15.7. The number of aryl methyl sites for hydroxylation is 1. The van der Waals surface area contributed by atoms with Crippen LogP contribution in [0.2, 0.25) is 0 Å². The lowest BCUT2D eigenvalue weighted by Gasteiger charge is -2.18. The Morgan fingerprint density at radius 3 is 2.14 bits per heavy atom. The maximum absolute atomic E-state index is 14.5. The van der Waals surface area contributed by atoms with Gasteiger partial charge in [-0.25, -0.2) is 9.07 Å². The van der Waals surface area contributed by atoms with E-state index >= 15 is 0 Å². The van der Waals surface area contributed by atoms with Crippen molar-refractivity contribution in [1.29, 1.82) is 0 Å². The zero-order valence-electron chi connectivity index (χ0n) is 16.8. The van der Waals surface area contributed by atoms with Gasteiger partial charge in [0.25, 0.3) is 0 Å². The monoisotopic (exact) mass is 549 g/mol. The molecule has 0 atom stereocenters. The quantitative estimate of drug-likeness (QED) is 0.338. The number of hydrogen-bond donors (Lipinski definition) is 1. The van der Waals surface area contributed by atoms with E-state index in [1.165, 1.54) is 12.2 Å². The maximum atomic E-state index is 14.5. The summed E-state index contributed by atoms with van der Waals surface area (Å²) in [5.41, 5.74) is -0.898. The molecule has 0 aliphatic rings. The van der Waals surface area contributed by atoms with Crippen LogP contribution in [0.15, 0.2) is 23.1 Å². The van der Waals surface area contributed by atoms with Crippen LogP contribution in [-0.2, 0) is 4.79 Å². The highest BCUT2D eigenvalue weighted by atomic mass is 32.2. The average molecular weight is 549 g/mol. The topological polar surface area (TPSA) is 56.1 Å². The van der Waals surface area contributed by atoms with E-state index in [4.69, 9.17) is 0 Å². The molecule has 2 rings (SSSR count). The number of carbonyl (C=O) groups excluding carboxylic acids is 1. The number of alkyl halides is 11. The van der Waals surface area contributed by atoms with Gasteiger partial charge in [-0.2, -0.15) is 48.3 Å². The smallest absolute Gasteiger partial charge is 0.470 e. The van der Waals surface area contributed by atoms with Crippen molar-refractivity contribution in [3.8, 4) is 11.6 Å². The van der Waals surface area contributed by atoms with Crippen molar-refractivity contribution in [3.63, 3.8) is 0 Å². The summed E-state index contributed by atoms with van der Waals surface area (Å²) >= 11 is 0.163. The number of nitrogens with one attached hydrogen (secondary N) is 1. The van der Waals surface area contributed by atoms with Gasteiger partial charge < -0.3 is 10.1 Å². The summed E-state index contributed by atoms with van der Waals surface area (Å²) in [4.78, 5) is 11.1. The second kappa shape index (κ2) is 9.69. The minimum Gasteiger partial charge on any atom is -0.470 e. The molecule has 1 aromatic heterocycles. The van der Waals surface area contributed by atoms with Crippen molar-refractivity contribution in [2.75, 3.05) is 17.7 Å². The van der Waals surface area contributed by atoms with E-state index < -0.39 is 65.9 Å². The molecule has 35 heavy (non-hydrogen) atoms. The van der Waals surface area contributed by atoms with Gasteiger partial charge in [-0.15, -0.1) is 16.9 Å². The molecule has 0 saturated carbocycles. The minimum absolute atomic E-state index is 0.0326. The molecule has 18 heteroatoms. The number of nitrogens with zero attached hydrogens (tertiary/aromatic N) is 2. The molecule has 0 fully saturated rings. The Bertz CT molecular complexity index is 1080. The fourth-order valence-corrected chi connectivity index (χ4v) is 3.06. The highest BCUT2D eigenvalue weighted by Gasteiger charge is 2.58. The van der Waals surface area contributed by atoms with Crippen molar-refractivity contribution >= 4 is 23.5 Å². The van der Waals surface area contributed by atoms with Gasteiger partial charge in [0.1, 0.15) is 17.3 Å². The van der Waals surface area contributed by atoms with Gasteiger partial charge in [-0.3, -0.25) is 4.79 Å². The first-order valence-corrected chi connectivity index (χ1v) is 9.75. The van der Waals surface area contributed by atoms with Crippen molar-refractivity contribution in [3.05, 3.63) is 29.6 Å². The zero-order chi connectivity index (χ0) is 27.0. The molecule has 0 aliphatic carbocycles. The first-order valence-electron chi connectivity index (χ1n) is 8.77. The lowest BCUT2D eigenvalue weighted by atomic mass is 10.2. The number of ether oxygens (including phenoxy) is 1. The summed E-state index contributed by atoms with van der Waals surface area (Å²) in [6, 6.07) is 1.66. The summed E-state index contributed by atoms with van der Waals surface area (Å²) in [5.74, 6) is -13.1. The summed E-state index contributed by atoms with van der Waals surface area (Å²) in [6.07, 6.45) is -16.2. The van der Waals surface area contributed by atoms with Crippen molar-refractivity contribution in [2.45, 2.75) is 36.3 Å². The Hall–Kier alpha value is -2.79. The predicted molar refractivity (Wildman–Crippen MR) is 96.2 cm³/mol. The fourth-order valence-electron chi connectivity index (χ4n) is 2.26. The third-order valence-electron chi connectivity index (χ3n) is 3.87. The summed E-state index contributed by atoms with van der Waals surface area (Å²) in [6.45, 7) is -1.17. The van der Waals surface area contributed by atoms with Gasteiger partial charge in [-0.05, 0) is 24.6 Å². The molecule has 0 unspecified atom stereocenters. The van der Waals surface area contributed by atoms with Gasteiger partial charge in [-0.1, -0.05) is 0 Å². The van der Waals surface area contributed by atoms with Crippen LogP contribution < -0.4 is 10.1 Å². The van der Waals surface area contributed by atoms with Crippen molar-refractivity contribution < 1.29 is 62.2 Å². The number of rotatable bonds is 7. The molecular weight excluding hydrogens is 538 g/mol. The second-order valence-corrected chi connectivity index (χ2v) is 7.71. The molecule has 2 aromatic rings. The second-order valence-electron chi connectivity index (χ2n) is 6.70. The van der Waals surface area contributed by atoms with Gasteiger partial charge in [0, 0.05) is 11.0 Å². The first kappa shape index (κ1) is 28.4. The van der Waals surface area contributed by atoms with Crippen LogP contribution in [0.5, 0.6) is 5.88 Å². The van der Waals surface area contributed by atoms with Gasteiger partial charge in [0.15, 0.2) is 6.61 Å². The largest absolute Gasteiger partial charge is 0.471 e. The van der Waals surface area contributed by atoms with E-state index in [0.717, 1.165) is 0 Å². The predicted octanol–water partition coefficient (Wildman–Crippen LogP) is 6.05. The molecule has 0 bridgehead atoms. The SMILES string of the molecule is Cc1cc(F)c(-n2nc(OCC(F)(F)C(F)(F)F)cc2NC(=O)C(F)(F)F)cc1SCC(F)(F)F. The standard InChI is InChI=1S/C17H11F12N3O2S/c1-7-2-8(18)9(3-10(7)35-6-15(21,22)23)32-11(30-13(33)16(24,25)26)4-12(31-32)34-5-14(19,20)17(27,28)29/h2-4H,5-6H2,1H3,(H,30,33). The average Bonchev–Trinajstić information content (AvgIpc) is 3.06. The number of aromatic nitrogens is 2.